The molecule has 0 bridgehead atoms. The highest BCUT2D eigenvalue weighted by Gasteiger charge is 2.36. The van der Waals surface area contributed by atoms with E-state index in [1.54, 1.807) is 0 Å². The van der Waals surface area contributed by atoms with Gasteiger partial charge in [0.15, 0.2) is 28.8 Å². The van der Waals surface area contributed by atoms with Crippen molar-refractivity contribution in [1.29, 1.82) is 0 Å². The first kappa shape index (κ1) is 24.4. The van der Waals surface area contributed by atoms with Crippen molar-refractivity contribution in [2.75, 3.05) is 48.4 Å². The van der Waals surface area contributed by atoms with E-state index in [9.17, 15) is 0 Å². The molecule has 2 aliphatic rings. The second-order valence-electron chi connectivity index (χ2n) is 8.31. The van der Waals surface area contributed by atoms with Crippen LogP contribution in [0.5, 0.6) is 5.75 Å². The van der Waals surface area contributed by atoms with Gasteiger partial charge in [0, 0.05) is 30.0 Å². The van der Waals surface area contributed by atoms with Crippen LogP contribution in [0.25, 0.3) is 11.4 Å². The van der Waals surface area contributed by atoms with Gasteiger partial charge >= 0.3 is 0 Å². The Morgan fingerprint density at radius 1 is 1.00 bits per heavy atom. The number of thiocarbonyl (C=S) groups is 1. The van der Waals surface area contributed by atoms with Gasteiger partial charge in [-0.05, 0) is 62.5 Å². The molecule has 3 aromatic rings. The monoisotopic (exact) mass is 507 g/mol. The molecule has 36 heavy (non-hydrogen) atoms. The first-order chi connectivity index (χ1) is 17.6. The normalized spacial score (nSPS) is 19.3. The van der Waals surface area contributed by atoms with E-state index in [-0.39, 0.29) is 6.29 Å². The number of benzene rings is 2. The van der Waals surface area contributed by atoms with Crippen LogP contribution in [0.2, 0.25) is 0 Å². The molecular formula is C26H29N5O4S. The highest BCUT2D eigenvalue weighted by molar-refractivity contribution is 7.80. The molecule has 2 aromatic carbocycles. The first-order valence-corrected chi connectivity index (χ1v) is 12.4. The van der Waals surface area contributed by atoms with Crippen LogP contribution in [-0.4, -0.2) is 54.3 Å². The van der Waals surface area contributed by atoms with Crippen LogP contribution in [0.15, 0.2) is 54.6 Å². The minimum atomic E-state index is -0.592. The average molecular weight is 508 g/mol. The van der Waals surface area contributed by atoms with Crippen LogP contribution in [0.1, 0.15) is 25.8 Å². The van der Waals surface area contributed by atoms with Gasteiger partial charge in [0.2, 0.25) is 6.29 Å². The molecule has 0 atom stereocenters. The number of nitrogens with one attached hydrogen (secondary N) is 2. The Kier molecular flexibility index (Phi) is 7.57. The molecule has 9 nitrogen and oxygen atoms in total. The van der Waals surface area contributed by atoms with E-state index in [4.69, 9.17) is 41.1 Å². The number of morpholine rings is 1. The maximum absolute atomic E-state index is 6.02. The topological polar surface area (TPSA) is 90.0 Å². The lowest BCUT2D eigenvalue weighted by molar-refractivity contribution is -0.384. The molecular weight excluding hydrogens is 478 g/mol. The fraction of sp³-hybridized carbons (Fsp3) is 0.346. The van der Waals surface area contributed by atoms with E-state index >= 15 is 0 Å². The molecule has 2 fully saturated rings. The number of rotatable bonds is 7. The summed E-state index contributed by atoms with van der Waals surface area (Å²) in [6.07, 6.45) is -0.876. The van der Waals surface area contributed by atoms with Crippen LogP contribution in [0, 0.1) is 0 Å². The molecule has 0 aliphatic carbocycles. The standard InChI is InChI=1S/C26H29N5O4S/c1-3-33-22-21(25-34-17(2)35-25)29-23(30-24(22)31-13-15-32-16-14-31)18-9-11-20(12-10-18)28-26(36)27-19-7-5-4-6-8-19/h4-12,17,25H,3,13-16H2,1-2H3,(H2,27,28,36). The smallest absolute Gasteiger partial charge is 0.210 e. The first-order valence-electron chi connectivity index (χ1n) is 12.0. The van der Waals surface area contributed by atoms with Crippen LogP contribution >= 0.6 is 12.2 Å². The van der Waals surface area contributed by atoms with Gasteiger partial charge in [-0.3, -0.25) is 0 Å². The summed E-state index contributed by atoms with van der Waals surface area (Å²) in [4.78, 5) is 11.9. The molecule has 5 rings (SSSR count). The van der Waals surface area contributed by atoms with Crippen molar-refractivity contribution in [3.05, 3.63) is 60.3 Å². The van der Waals surface area contributed by atoms with E-state index in [1.807, 2.05) is 68.4 Å². The lowest BCUT2D eigenvalue weighted by atomic mass is 10.1. The van der Waals surface area contributed by atoms with Crippen LogP contribution in [0.4, 0.5) is 17.2 Å². The van der Waals surface area contributed by atoms with E-state index in [0.29, 0.717) is 55.3 Å². The molecule has 1 aromatic heterocycles. The molecule has 2 saturated heterocycles. The van der Waals surface area contributed by atoms with Crippen LogP contribution in [-0.2, 0) is 14.2 Å². The Morgan fingerprint density at radius 2 is 1.67 bits per heavy atom. The largest absolute Gasteiger partial charge is 0.488 e. The van der Waals surface area contributed by atoms with Crippen LogP contribution in [0.3, 0.4) is 0 Å². The molecule has 10 heteroatoms. The average Bonchev–Trinajstić information content (AvgIpc) is 2.89. The second-order valence-corrected chi connectivity index (χ2v) is 8.72. The van der Waals surface area contributed by atoms with Crippen molar-refractivity contribution < 1.29 is 18.9 Å². The summed E-state index contributed by atoms with van der Waals surface area (Å²) in [6, 6.07) is 17.6. The maximum Gasteiger partial charge on any atom is 0.210 e. The molecule has 0 unspecified atom stereocenters. The predicted octanol–water partition coefficient (Wildman–Crippen LogP) is 4.58. The second kappa shape index (κ2) is 11.2. The van der Waals surface area contributed by atoms with Gasteiger partial charge in [0.1, 0.15) is 5.69 Å². The summed E-state index contributed by atoms with van der Waals surface area (Å²) in [6.45, 7) is 6.96. The van der Waals surface area contributed by atoms with Crippen LogP contribution < -0.4 is 20.3 Å². The SMILES string of the molecule is CCOc1c(C2OC(C)O2)nc(-c2ccc(NC(=S)Nc3ccccc3)cc2)nc1N1CCOCC1. The summed E-state index contributed by atoms with van der Waals surface area (Å²) in [5, 5.41) is 6.89. The number of hydrogen-bond donors (Lipinski definition) is 2. The zero-order valence-corrected chi connectivity index (χ0v) is 21.1. The highest BCUT2D eigenvalue weighted by atomic mass is 32.1. The van der Waals surface area contributed by atoms with Crippen molar-refractivity contribution in [2.45, 2.75) is 26.4 Å². The zero-order chi connectivity index (χ0) is 24.9. The van der Waals surface area contributed by atoms with Gasteiger partial charge in [-0.25, -0.2) is 9.97 Å². The van der Waals surface area contributed by atoms with Gasteiger partial charge in [0.05, 0.1) is 19.8 Å². The van der Waals surface area contributed by atoms with Crippen molar-refractivity contribution >= 4 is 34.5 Å². The lowest BCUT2D eigenvalue weighted by Crippen LogP contribution is -2.38. The number of nitrogens with zero attached hydrogens (tertiary/aromatic N) is 3. The van der Waals surface area contributed by atoms with Gasteiger partial charge in [-0.1, -0.05) is 18.2 Å². The number of para-hydroxylation sites is 1. The Labute approximate surface area is 215 Å². The number of aromatic nitrogens is 2. The molecule has 0 saturated carbocycles. The highest BCUT2D eigenvalue weighted by Crippen LogP contribution is 2.41. The zero-order valence-electron chi connectivity index (χ0n) is 20.3. The number of anilines is 3. The Bertz CT molecular complexity index is 1180. The number of ether oxygens (including phenoxy) is 4. The van der Waals surface area contributed by atoms with Crippen molar-refractivity contribution in [3.63, 3.8) is 0 Å². The number of hydrogen-bond acceptors (Lipinski definition) is 8. The Balaban J connectivity index is 1.41. The predicted molar refractivity (Wildman–Crippen MR) is 142 cm³/mol. The minimum absolute atomic E-state index is 0.284. The molecule has 188 valence electrons. The maximum atomic E-state index is 6.02. The van der Waals surface area contributed by atoms with E-state index < -0.39 is 6.29 Å². The van der Waals surface area contributed by atoms with Gasteiger partial charge in [-0.15, -0.1) is 0 Å². The molecule has 2 aliphatic heterocycles. The molecule has 0 radical (unpaired) electrons. The van der Waals surface area contributed by atoms with Crippen molar-refractivity contribution in [3.8, 4) is 17.1 Å². The van der Waals surface area contributed by atoms with Gasteiger partial charge in [0.25, 0.3) is 0 Å². The fourth-order valence-corrected chi connectivity index (χ4v) is 4.26. The van der Waals surface area contributed by atoms with E-state index in [1.165, 1.54) is 0 Å². The van der Waals surface area contributed by atoms with Crippen molar-refractivity contribution in [2.24, 2.45) is 0 Å². The Morgan fingerprint density at radius 3 is 2.31 bits per heavy atom. The quantitative estimate of drug-likeness (QED) is 0.443. The molecule has 0 spiro atoms. The molecule has 2 N–H and O–H groups in total. The third-order valence-corrected chi connectivity index (χ3v) is 5.96. The van der Waals surface area contributed by atoms with E-state index in [2.05, 4.69) is 15.5 Å². The molecule has 0 amide bonds. The summed E-state index contributed by atoms with van der Waals surface area (Å²) in [5.74, 6) is 1.89. The fourth-order valence-electron chi connectivity index (χ4n) is 4.02. The molecule has 3 heterocycles. The summed E-state index contributed by atoms with van der Waals surface area (Å²) >= 11 is 5.44. The van der Waals surface area contributed by atoms with Crippen molar-refractivity contribution in [1.82, 2.24) is 9.97 Å². The summed E-state index contributed by atoms with van der Waals surface area (Å²) in [5.41, 5.74) is 3.23. The van der Waals surface area contributed by atoms with Gasteiger partial charge < -0.3 is 34.5 Å². The third kappa shape index (κ3) is 5.57. The Hall–Kier alpha value is -3.31. The summed E-state index contributed by atoms with van der Waals surface area (Å²) in [7, 11) is 0. The van der Waals surface area contributed by atoms with E-state index in [0.717, 1.165) is 22.8 Å². The third-order valence-electron chi connectivity index (χ3n) is 5.76. The summed E-state index contributed by atoms with van der Waals surface area (Å²) < 4.78 is 23.1. The van der Waals surface area contributed by atoms with Gasteiger partial charge in [-0.2, -0.15) is 0 Å². The lowest BCUT2D eigenvalue weighted by Gasteiger charge is -2.35. The minimum Gasteiger partial charge on any atom is -0.488 e.